The van der Waals surface area contributed by atoms with Crippen LogP contribution < -0.4 is 10.1 Å². The minimum Gasteiger partial charge on any atom is -0.492 e. The Bertz CT molecular complexity index is 724. The summed E-state index contributed by atoms with van der Waals surface area (Å²) in [4.78, 5) is 2.38. The molecule has 0 amide bonds. The van der Waals surface area contributed by atoms with Crippen molar-refractivity contribution in [2.75, 3.05) is 39.5 Å². The van der Waals surface area contributed by atoms with Crippen LogP contribution in [0.1, 0.15) is 36.3 Å². The Hall–Kier alpha value is -1.82. The minimum atomic E-state index is 0.644. The molecule has 1 aromatic carbocycles. The maximum atomic E-state index is 5.95. The van der Waals surface area contributed by atoms with E-state index in [4.69, 9.17) is 13.9 Å². The highest BCUT2D eigenvalue weighted by Gasteiger charge is 2.36. The first-order valence-corrected chi connectivity index (χ1v) is 10.1. The molecule has 2 unspecified atom stereocenters. The van der Waals surface area contributed by atoms with Crippen LogP contribution in [0.3, 0.4) is 0 Å². The third-order valence-electron chi connectivity index (χ3n) is 5.46. The summed E-state index contributed by atoms with van der Waals surface area (Å²) in [6.45, 7) is 9.16. The molecule has 27 heavy (non-hydrogen) atoms. The van der Waals surface area contributed by atoms with Crippen LogP contribution in [0, 0.1) is 5.92 Å². The van der Waals surface area contributed by atoms with Crippen LogP contribution in [0.5, 0.6) is 5.75 Å². The third kappa shape index (κ3) is 5.34. The molecule has 0 bridgehead atoms. The van der Waals surface area contributed by atoms with E-state index < -0.39 is 0 Å². The van der Waals surface area contributed by atoms with Gasteiger partial charge in [-0.1, -0.05) is 19.1 Å². The smallest absolute Gasteiger partial charge is 0.119 e. The van der Waals surface area contributed by atoms with Crippen molar-refractivity contribution >= 4 is 0 Å². The fourth-order valence-corrected chi connectivity index (χ4v) is 3.60. The van der Waals surface area contributed by atoms with E-state index in [1.54, 1.807) is 0 Å². The van der Waals surface area contributed by atoms with Gasteiger partial charge in [0.1, 0.15) is 23.9 Å². The zero-order valence-electron chi connectivity index (χ0n) is 16.2. The SMILES string of the molecule is CC1CC1c1ccc(CNCc2cccc(OCCN3CCOCC3)c2)o1. The molecule has 5 heteroatoms. The van der Waals surface area contributed by atoms with Gasteiger partial charge in [0.25, 0.3) is 0 Å². The largest absolute Gasteiger partial charge is 0.492 e. The summed E-state index contributed by atoms with van der Waals surface area (Å²) >= 11 is 0. The first-order chi connectivity index (χ1) is 13.3. The lowest BCUT2D eigenvalue weighted by Crippen LogP contribution is -2.38. The van der Waals surface area contributed by atoms with E-state index in [-0.39, 0.29) is 0 Å². The topological polar surface area (TPSA) is 46.9 Å². The molecule has 1 aliphatic carbocycles. The average molecular weight is 370 g/mol. The fraction of sp³-hybridized carbons (Fsp3) is 0.545. The number of nitrogens with zero attached hydrogens (tertiary/aromatic N) is 1. The van der Waals surface area contributed by atoms with Crippen molar-refractivity contribution in [2.24, 2.45) is 5.92 Å². The highest BCUT2D eigenvalue weighted by atomic mass is 16.5. The van der Waals surface area contributed by atoms with Crippen molar-refractivity contribution in [2.45, 2.75) is 32.4 Å². The normalized spacial score (nSPS) is 22.7. The van der Waals surface area contributed by atoms with Crippen LogP contribution in [-0.2, 0) is 17.8 Å². The zero-order valence-corrected chi connectivity index (χ0v) is 16.2. The molecule has 0 radical (unpaired) electrons. The van der Waals surface area contributed by atoms with Crippen LogP contribution >= 0.6 is 0 Å². The Balaban J connectivity index is 1.19. The Morgan fingerprint density at radius 1 is 1.15 bits per heavy atom. The van der Waals surface area contributed by atoms with Gasteiger partial charge in [-0.25, -0.2) is 0 Å². The second-order valence-corrected chi connectivity index (χ2v) is 7.68. The first kappa shape index (κ1) is 18.5. The fourth-order valence-electron chi connectivity index (χ4n) is 3.60. The van der Waals surface area contributed by atoms with Gasteiger partial charge in [0.05, 0.1) is 19.8 Å². The van der Waals surface area contributed by atoms with Gasteiger partial charge >= 0.3 is 0 Å². The maximum absolute atomic E-state index is 5.95. The lowest BCUT2D eigenvalue weighted by atomic mass is 10.2. The number of ether oxygens (including phenoxy) is 2. The zero-order chi connectivity index (χ0) is 18.5. The highest BCUT2D eigenvalue weighted by molar-refractivity contribution is 5.28. The molecule has 1 saturated heterocycles. The molecule has 146 valence electrons. The van der Waals surface area contributed by atoms with E-state index >= 15 is 0 Å². The lowest BCUT2D eigenvalue weighted by Gasteiger charge is -2.26. The summed E-state index contributed by atoms with van der Waals surface area (Å²) in [5.41, 5.74) is 1.22. The van der Waals surface area contributed by atoms with Crippen molar-refractivity contribution in [3.63, 3.8) is 0 Å². The van der Waals surface area contributed by atoms with Crippen LogP contribution in [-0.4, -0.2) is 44.4 Å². The monoisotopic (exact) mass is 370 g/mol. The molecule has 2 aromatic rings. The second kappa shape index (κ2) is 8.91. The van der Waals surface area contributed by atoms with Crippen molar-refractivity contribution in [3.8, 4) is 5.75 Å². The molecule has 2 atom stereocenters. The molecule has 2 aliphatic rings. The molecule has 1 saturated carbocycles. The van der Waals surface area contributed by atoms with E-state index in [0.29, 0.717) is 12.5 Å². The Morgan fingerprint density at radius 2 is 2.00 bits per heavy atom. The number of furan rings is 1. The van der Waals surface area contributed by atoms with Crippen LogP contribution in [0.15, 0.2) is 40.8 Å². The summed E-state index contributed by atoms with van der Waals surface area (Å²) < 4.78 is 17.3. The van der Waals surface area contributed by atoms with Gasteiger partial charge in [-0.15, -0.1) is 0 Å². The summed E-state index contributed by atoms with van der Waals surface area (Å²) in [5, 5.41) is 3.47. The summed E-state index contributed by atoms with van der Waals surface area (Å²) in [7, 11) is 0. The molecule has 5 nitrogen and oxygen atoms in total. The second-order valence-electron chi connectivity index (χ2n) is 7.68. The van der Waals surface area contributed by atoms with Crippen LogP contribution in [0.25, 0.3) is 0 Å². The minimum absolute atomic E-state index is 0.644. The molecular weight excluding hydrogens is 340 g/mol. The number of nitrogens with one attached hydrogen (secondary N) is 1. The first-order valence-electron chi connectivity index (χ1n) is 10.1. The number of benzene rings is 1. The van der Waals surface area contributed by atoms with Crippen molar-refractivity contribution in [1.29, 1.82) is 0 Å². The molecule has 1 aliphatic heterocycles. The number of hydrogen-bond acceptors (Lipinski definition) is 5. The van der Waals surface area contributed by atoms with Crippen molar-refractivity contribution in [3.05, 3.63) is 53.5 Å². The Morgan fingerprint density at radius 3 is 2.81 bits per heavy atom. The summed E-state index contributed by atoms with van der Waals surface area (Å²) in [6, 6.07) is 12.6. The molecule has 1 aromatic heterocycles. The molecule has 4 rings (SSSR count). The van der Waals surface area contributed by atoms with Crippen LogP contribution in [0.4, 0.5) is 0 Å². The van der Waals surface area contributed by atoms with E-state index in [1.165, 1.54) is 12.0 Å². The van der Waals surface area contributed by atoms with Gasteiger partial charge < -0.3 is 19.2 Å². The van der Waals surface area contributed by atoms with Crippen molar-refractivity contribution < 1.29 is 13.9 Å². The molecule has 0 spiro atoms. The number of rotatable bonds is 9. The summed E-state index contributed by atoms with van der Waals surface area (Å²) in [5.74, 6) is 4.52. The third-order valence-corrected chi connectivity index (χ3v) is 5.46. The lowest BCUT2D eigenvalue weighted by molar-refractivity contribution is 0.0322. The maximum Gasteiger partial charge on any atom is 0.119 e. The van der Waals surface area contributed by atoms with E-state index in [2.05, 4.69) is 47.5 Å². The molecule has 2 fully saturated rings. The molecule has 2 heterocycles. The van der Waals surface area contributed by atoms with E-state index in [0.717, 1.165) is 69.1 Å². The Kier molecular flexibility index (Phi) is 6.12. The quantitative estimate of drug-likeness (QED) is 0.733. The van der Waals surface area contributed by atoms with Gasteiger partial charge in [-0.2, -0.15) is 0 Å². The predicted octanol–water partition coefficient (Wildman–Crippen LogP) is 3.40. The van der Waals surface area contributed by atoms with Gasteiger partial charge in [-0.3, -0.25) is 4.90 Å². The Labute approximate surface area is 161 Å². The van der Waals surface area contributed by atoms with Crippen LogP contribution in [0.2, 0.25) is 0 Å². The summed E-state index contributed by atoms with van der Waals surface area (Å²) in [6.07, 6.45) is 1.26. The van der Waals surface area contributed by atoms with Gasteiger partial charge in [0.2, 0.25) is 0 Å². The van der Waals surface area contributed by atoms with Gasteiger partial charge in [0, 0.05) is 32.1 Å². The van der Waals surface area contributed by atoms with Gasteiger partial charge in [0.15, 0.2) is 0 Å². The van der Waals surface area contributed by atoms with Gasteiger partial charge in [-0.05, 0) is 42.2 Å². The molecule has 1 N–H and O–H groups in total. The van der Waals surface area contributed by atoms with E-state index in [1.807, 2.05) is 6.07 Å². The van der Waals surface area contributed by atoms with E-state index in [9.17, 15) is 0 Å². The predicted molar refractivity (Wildman–Crippen MR) is 105 cm³/mol. The van der Waals surface area contributed by atoms with Crippen molar-refractivity contribution in [1.82, 2.24) is 10.2 Å². The highest BCUT2D eigenvalue weighted by Crippen LogP contribution is 2.47. The standard InChI is InChI=1S/C22H30N2O3/c1-17-13-21(17)22-6-5-20(27-22)16-23-15-18-3-2-4-19(14-18)26-12-9-24-7-10-25-11-8-24/h2-6,14,17,21,23H,7-13,15-16H2,1H3. The number of hydrogen-bond donors (Lipinski definition) is 1. The molecular formula is C22H30N2O3. The number of morpholine rings is 1. The average Bonchev–Trinajstić information content (AvgIpc) is 3.24.